The molecule has 3 aromatic rings. The normalized spacial score (nSPS) is 17.7. The first-order valence-corrected chi connectivity index (χ1v) is 10.8. The Morgan fingerprint density at radius 3 is 2.81 bits per heavy atom. The molecule has 164 valence electrons. The van der Waals surface area contributed by atoms with Gasteiger partial charge in [0, 0.05) is 60.5 Å². The van der Waals surface area contributed by atoms with E-state index in [2.05, 4.69) is 25.9 Å². The number of phenolic OH excluding ortho intramolecular Hbond substituents is 1. The predicted molar refractivity (Wildman–Crippen MR) is 120 cm³/mol. The predicted octanol–water partition coefficient (Wildman–Crippen LogP) is 3.44. The number of halogens is 1. The number of rotatable bonds is 3. The first-order chi connectivity index (χ1) is 15.4. The third kappa shape index (κ3) is 3.61. The monoisotopic (exact) mass is 498 g/mol. The number of pyridine rings is 1. The first-order valence-electron chi connectivity index (χ1n) is 10.0. The van der Waals surface area contributed by atoms with Crippen molar-refractivity contribution in [1.82, 2.24) is 19.8 Å². The van der Waals surface area contributed by atoms with Gasteiger partial charge in [0.1, 0.15) is 17.1 Å². The van der Waals surface area contributed by atoms with Crippen LogP contribution >= 0.6 is 15.9 Å². The molecule has 1 saturated heterocycles. The van der Waals surface area contributed by atoms with E-state index in [-0.39, 0.29) is 17.3 Å². The highest BCUT2D eigenvalue weighted by Crippen LogP contribution is 2.40. The number of amides is 1. The fraction of sp³-hybridized carbons (Fsp3) is 0.227. The van der Waals surface area contributed by atoms with Crippen molar-refractivity contribution in [2.24, 2.45) is 0 Å². The molecule has 2 aliphatic rings. The largest absolute Gasteiger partial charge is 0.507 e. The van der Waals surface area contributed by atoms with E-state index in [4.69, 9.17) is 9.84 Å². The number of carbonyl (C=O) groups is 2. The topological polar surface area (TPSA) is 119 Å². The van der Waals surface area contributed by atoms with E-state index in [0.29, 0.717) is 55.2 Å². The number of nitrogens with zero attached hydrogens (tertiary/aromatic N) is 3. The molecule has 0 atom stereocenters. The SMILES string of the molecule is O=C1/C(=C/c2c[nH]c3ncc(Br)cc23)Oc2c1ccc(O)c2CN1CCN(C(=O)O)CC1. The van der Waals surface area contributed by atoms with Gasteiger partial charge in [-0.05, 0) is 40.2 Å². The van der Waals surface area contributed by atoms with Crippen LogP contribution in [-0.4, -0.2) is 68.0 Å². The van der Waals surface area contributed by atoms with Crippen molar-refractivity contribution in [1.29, 1.82) is 0 Å². The maximum atomic E-state index is 13.0. The highest BCUT2D eigenvalue weighted by atomic mass is 79.9. The van der Waals surface area contributed by atoms with Crippen LogP contribution in [0.15, 0.2) is 40.8 Å². The van der Waals surface area contributed by atoms with Crippen molar-refractivity contribution in [3.63, 3.8) is 0 Å². The molecule has 5 rings (SSSR count). The number of fused-ring (bicyclic) bond motifs is 2. The molecule has 1 aromatic carbocycles. The molecule has 32 heavy (non-hydrogen) atoms. The zero-order valence-electron chi connectivity index (χ0n) is 16.8. The van der Waals surface area contributed by atoms with Gasteiger partial charge >= 0.3 is 6.09 Å². The van der Waals surface area contributed by atoms with Crippen LogP contribution in [0.2, 0.25) is 0 Å². The lowest BCUT2D eigenvalue weighted by atomic mass is 10.0. The summed E-state index contributed by atoms with van der Waals surface area (Å²) in [5.74, 6) is 0.303. The number of benzene rings is 1. The molecule has 0 radical (unpaired) electrons. The van der Waals surface area contributed by atoms with Crippen molar-refractivity contribution < 1.29 is 24.5 Å². The minimum atomic E-state index is -0.934. The highest BCUT2D eigenvalue weighted by molar-refractivity contribution is 9.10. The van der Waals surface area contributed by atoms with Crippen LogP contribution < -0.4 is 4.74 Å². The highest BCUT2D eigenvalue weighted by Gasteiger charge is 2.32. The van der Waals surface area contributed by atoms with Crippen LogP contribution in [-0.2, 0) is 6.54 Å². The lowest BCUT2D eigenvalue weighted by Crippen LogP contribution is -2.47. The minimum absolute atomic E-state index is 0.0405. The number of carboxylic acid groups (broad SMARTS) is 1. The van der Waals surface area contributed by atoms with E-state index >= 15 is 0 Å². The molecule has 0 spiro atoms. The van der Waals surface area contributed by atoms with Crippen molar-refractivity contribution in [3.8, 4) is 11.5 Å². The van der Waals surface area contributed by atoms with Crippen LogP contribution in [0.4, 0.5) is 4.79 Å². The molecule has 9 nitrogen and oxygen atoms in total. The standard InChI is InChI=1S/C22H19BrN4O5/c23-13-8-15-12(9-24-21(15)25-10-13)7-18-19(29)14-1-2-17(28)16(20(14)32-18)11-26-3-5-27(6-4-26)22(30)31/h1-2,7-10,28H,3-6,11H2,(H,24,25)(H,30,31)/b18-7-. The maximum Gasteiger partial charge on any atom is 0.407 e. The molecule has 1 fully saturated rings. The maximum absolute atomic E-state index is 13.0. The number of allylic oxidation sites excluding steroid dienone is 1. The summed E-state index contributed by atoms with van der Waals surface area (Å²) in [6.45, 7) is 2.19. The smallest absolute Gasteiger partial charge is 0.407 e. The summed E-state index contributed by atoms with van der Waals surface area (Å²) in [4.78, 5) is 34.9. The van der Waals surface area contributed by atoms with Crippen LogP contribution in [0.1, 0.15) is 21.5 Å². The molecular weight excluding hydrogens is 480 g/mol. The van der Waals surface area contributed by atoms with Crippen LogP contribution in [0.5, 0.6) is 11.5 Å². The Bertz CT molecular complexity index is 1280. The zero-order valence-corrected chi connectivity index (χ0v) is 18.4. The average molecular weight is 499 g/mol. The molecule has 3 N–H and O–H groups in total. The van der Waals surface area contributed by atoms with Gasteiger partial charge < -0.3 is 24.8 Å². The summed E-state index contributed by atoms with van der Waals surface area (Å²) >= 11 is 3.41. The lowest BCUT2D eigenvalue weighted by Gasteiger charge is -2.33. The van der Waals surface area contributed by atoms with Crippen LogP contribution in [0.3, 0.4) is 0 Å². The summed E-state index contributed by atoms with van der Waals surface area (Å²) in [5, 5.41) is 20.5. The van der Waals surface area contributed by atoms with Crippen molar-refractivity contribution in [3.05, 3.63) is 57.5 Å². The minimum Gasteiger partial charge on any atom is -0.507 e. The van der Waals surface area contributed by atoms with Gasteiger partial charge in [0.25, 0.3) is 0 Å². The van der Waals surface area contributed by atoms with E-state index in [9.17, 15) is 14.7 Å². The number of carbonyl (C=O) groups excluding carboxylic acids is 1. The Hall–Kier alpha value is -3.37. The first kappa shape index (κ1) is 20.5. The lowest BCUT2D eigenvalue weighted by molar-refractivity contribution is 0.101. The number of aromatic nitrogens is 2. The number of phenols is 1. The number of aromatic amines is 1. The zero-order chi connectivity index (χ0) is 22.4. The number of ketones is 1. The number of H-pyrrole nitrogens is 1. The van der Waals surface area contributed by atoms with Crippen molar-refractivity contribution in [2.45, 2.75) is 6.54 Å². The Morgan fingerprint density at radius 2 is 2.06 bits per heavy atom. The van der Waals surface area contributed by atoms with Gasteiger partial charge in [-0.3, -0.25) is 9.69 Å². The molecule has 0 bridgehead atoms. The van der Waals surface area contributed by atoms with Gasteiger partial charge in [-0.15, -0.1) is 0 Å². The fourth-order valence-corrected chi connectivity index (χ4v) is 4.36. The Labute approximate surface area is 191 Å². The second-order valence-electron chi connectivity index (χ2n) is 7.72. The molecule has 0 unspecified atom stereocenters. The van der Waals surface area contributed by atoms with E-state index in [1.54, 1.807) is 24.5 Å². The molecule has 1 amide bonds. The number of nitrogens with one attached hydrogen (secondary N) is 1. The van der Waals surface area contributed by atoms with Gasteiger partial charge in [-0.25, -0.2) is 9.78 Å². The molecule has 2 aliphatic heterocycles. The number of ether oxygens (including phenoxy) is 1. The molecule has 0 aliphatic carbocycles. The Kier molecular flexibility index (Phi) is 5.10. The van der Waals surface area contributed by atoms with Gasteiger partial charge in [-0.1, -0.05) is 0 Å². The van der Waals surface area contributed by atoms with Gasteiger partial charge in [0.15, 0.2) is 5.76 Å². The van der Waals surface area contributed by atoms with E-state index < -0.39 is 6.09 Å². The van der Waals surface area contributed by atoms with Gasteiger partial charge in [-0.2, -0.15) is 0 Å². The Morgan fingerprint density at radius 1 is 1.28 bits per heavy atom. The van der Waals surface area contributed by atoms with Crippen molar-refractivity contribution in [2.75, 3.05) is 26.2 Å². The molecular formula is C22H19BrN4O5. The fourth-order valence-electron chi connectivity index (χ4n) is 4.03. The van der Waals surface area contributed by atoms with Crippen LogP contribution in [0, 0.1) is 0 Å². The number of Topliss-reactive ketones (excluding diaryl/α,β-unsaturated/α-hetero) is 1. The average Bonchev–Trinajstić information content (AvgIpc) is 3.31. The number of aromatic hydroxyl groups is 1. The summed E-state index contributed by atoms with van der Waals surface area (Å²) in [7, 11) is 0. The van der Waals surface area contributed by atoms with Gasteiger partial charge in [0.05, 0.1) is 11.1 Å². The van der Waals surface area contributed by atoms with E-state index in [1.165, 1.54) is 11.0 Å². The molecule has 2 aromatic heterocycles. The molecule has 0 saturated carbocycles. The summed E-state index contributed by atoms with van der Waals surface area (Å²) in [6, 6.07) is 4.97. The summed E-state index contributed by atoms with van der Waals surface area (Å²) < 4.78 is 6.78. The second-order valence-corrected chi connectivity index (χ2v) is 8.63. The van der Waals surface area contributed by atoms with Crippen LogP contribution in [0.25, 0.3) is 17.1 Å². The molecule has 4 heterocycles. The van der Waals surface area contributed by atoms with Gasteiger partial charge in [0.2, 0.25) is 5.78 Å². The number of piperazine rings is 1. The molecule has 10 heteroatoms. The third-order valence-corrected chi connectivity index (χ3v) is 6.19. The Balaban J connectivity index is 1.43. The van der Waals surface area contributed by atoms with E-state index in [0.717, 1.165) is 15.4 Å². The van der Waals surface area contributed by atoms with Crippen molar-refractivity contribution >= 4 is 44.9 Å². The number of hydrogen-bond donors (Lipinski definition) is 3. The quantitative estimate of drug-likeness (QED) is 0.473. The number of hydrogen-bond acceptors (Lipinski definition) is 6. The summed E-state index contributed by atoms with van der Waals surface area (Å²) in [5.41, 5.74) is 2.38. The second kappa shape index (κ2) is 7.95. The van der Waals surface area contributed by atoms with E-state index in [1.807, 2.05) is 11.0 Å². The summed E-state index contributed by atoms with van der Waals surface area (Å²) in [6.07, 6.45) is 4.18. The third-order valence-electron chi connectivity index (χ3n) is 5.76.